The van der Waals surface area contributed by atoms with Crippen molar-refractivity contribution in [1.82, 2.24) is 15.0 Å². The zero-order valence-electron chi connectivity index (χ0n) is 13.5. The first-order valence-corrected chi connectivity index (χ1v) is 8.58. The Hall–Kier alpha value is -2.44. The molecule has 3 aromatic rings. The lowest BCUT2D eigenvalue weighted by molar-refractivity contribution is -0.122. The minimum atomic E-state index is 0.00852. The number of fused-ring (bicyclic) bond motifs is 1. The van der Waals surface area contributed by atoms with Crippen LogP contribution in [0.3, 0.4) is 0 Å². The van der Waals surface area contributed by atoms with Crippen molar-refractivity contribution in [2.45, 2.75) is 12.8 Å². The largest absolute Gasteiger partial charge is 0.381 e. The molecule has 0 atom stereocenters. The van der Waals surface area contributed by atoms with E-state index in [1.165, 1.54) is 0 Å². The van der Waals surface area contributed by atoms with Crippen LogP contribution in [0.1, 0.15) is 12.8 Å². The molecule has 1 N–H and O–H groups in total. The van der Waals surface area contributed by atoms with Gasteiger partial charge in [0, 0.05) is 29.8 Å². The maximum absolute atomic E-state index is 12.3. The standard InChI is InChI=1S/C18H17ClN4O2/c19-13-1-4-15(5-2-13)23-21-16-6-3-14(11-17(16)22-23)20-18(24)12-7-9-25-10-8-12/h1-6,11-12H,7-10H2,(H,20,24). The Bertz CT molecular complexity index is 901. The molecule has 0 radical (unpaired) electrons. The van der Waals surface area contributed by atoms with Crippen LogP contribution in [0.4, 0.5) is 5.69 Å². The average Bonchev–Trinajstić information content (AvgIpc) is 3.06. The van der Waals surface area contributed by atoms with Gasteiger partial charge in [-0.15, -0.1) is 10.2 Å². The van der Waals surface area contributed by atoms with Crippen molar-refractivity contribution in [2.75, 3.05) is 18.5 Å². The van der Waals surface area contributed by atoms with Gasteiger partial charge < -0.3 is 10.1 Å². The second kappa shape index (κ2) is 6.82. The molecule has 4 rings (SSSR count). The zero-order valence-corrected chi connectivity index (χ0v) is 14.2. The fourth-order valence-corrected chi connectivity index (χ4v) is 3.01. The second-order valence-corrected chi connectivity index (χ2v) is 6.48. The summed E-state index contributed by atoms with van der Waals surface area (Å²) in [5.41, 5.74) is 3.04. The fraction of sp³-hybridized carbons (Fsp3) is 0.278. The first-order chi connectivity index (χ1) is 12.2. The molecule has 0 bridgehead atoms. The molecule has 1 fully saturated rings. The molecule has 25 heavy (non-hydrogen) atoms. The molecule has 6 nitrogen and oxygen atoms in total. The molecule has 0 unspecified atom stereocenters. The summed E-state index contributed by atoms with van der Waals surface area (Å²) in [4.78, 5) is 13.9. The maximum Gasteiger partial charge on any atom is 0.227 e. The van der Waals surface area contributed by atoms with Crippen molar-refractivity contribution in [2.24, 2.45) is 5.92 Å². The van der Waals surface area contributed by atoms with Gasteiger partial charge in [0.25, 0.3) is 0 Å². The molecule has 2 aromatic carbocycles. The Balaban J connectivity index is 1.55. The van der Waals surface area contributed by atoms with E-state index in [-0.39, 0.29) is 11.8 Å². The Morgan fingerprint density at radius 1 is 1.08 bits per heavy atom. The Morgan fingerprint density at radius 3 is 2.56 bits per heavy atom. The number of amides is 1. The average molecular weight is 357 g/mol. The van der Waals surface area contributed by atoms with E-state index in [0.717, 1.165) is 35.2 Å². The van der Waals surface area contributed by atoms with Crippen LogP contribution in [-0.4, -0.2) is 34.1 Å². The number of halogens is 1. The summed E-state index contributed by atoms with van der Waals surface area (Å²) < 4.78 is 5.30. The normalized spacial score (nSPS) is 15.4. The van der Waals surface area contributed by atoms with E-state index in [1.54, 1.807) is 16.9 Å². The van der Waals surface area contributed by atoms with Crippen LogP contribution in [0.15, 0.2) is 42.5 Å². The lowest BCUT2D eigenvalue weighted by Gasteiger charge is -2.21. The van der Waals surface area contributed by atoms with Crippen LogP contribution in [0.2, 0.25) is 5.02 Å². The maximum atomic E-state index is 12.3. The predicted octanol–water partition coefficient (Wildman–Crippen LogP) is 3.44. The molecule has 1 aliphatic rings. The lowest BCUT2D eigenvalue weighted by atomic mass is 9.99. The minimum Gasteiger partial charge on any atom is -0.381 e. The van der Waals surface area contributed by atoms with Gasteiger partial charge in [-0.1, -0.05) is 11.6 Å². The molecule has 1 aliphatic heterocycles. The smallest absolute Gasteiger partial charge is 0.227 e. The molecule has 1 saturated heterocycles. The van der Waals surface area contributed by atoms with Crippen molar-refractivity contribution in [3.8, 4) is 5.69 Å². The molecule has 0 spiro atoms. The van der Waals surface area contributed by atoms with E-state index >= 15 is 0 Å². The zero-order chi connectivity index (χ0) is 17.2. The monoisotopic (exact) mass is 356 g/mol. The van der Waals surface area contributed by atoms with Crippen LogP contribution in [0.25, 0.3) is 16.7 Å². The van der Waals surface area contributed by atoms with Gasteiger partial charge in [0.05, 0.1) is 5.69 Å². The summed E-state index contributed by atoms with van der Waals surface area (Å²) in [7, 11) is 0. The molecule has 7 heteroatoms. The SMILES string of the molecule is O=C(Nc1ccc2nn(-c3ccc(Cl)cc3)nc2c1)C1CCOCC1. The predicted molar refractivity (Wildman–Crippen MR) is 96.0 cm³/mol. The Kier molecular flexibility index (Phi) is 4.38. The van der Waals surface area contributed by atoms with Crippen LogP contribution < -0.4 is 5.32 Å². The highest BCUT2D eigenvalue weighted by Gasteiger charge is 2.21. The third-order valence-corrected chi connectivity index (χ3v) is 4.55. The summed E-state index contributed by atoms with van der Waals surface area (Å²) in [6, 6.07) is 12.8. The number of carbonyl (C=O) groups excluding carboxylic acids is 1. The number of nitrogens with one attached hydrogen (secondary N) is 1. The summed E-state index contributed by atoms with van der Waals surface area (Å²) in [6.45, 7) is 1.29. The molecule has 128 valence electrons. The number of aromatic nitrogens is 3. The number of nitrogens with zero attached hydrogens (tertiary/aromatic N) is 3. The third kappa shape index (κ3) is 3.50. The number of hydrogen-bond acceptors (Lipinski definition) is 4. The molecule has 1 amide bonds. The van der Waals surface area contributed by atoms with Crippen LogP contribution >= 0.6 is 11.6 Å². The van der Waals surface area contributed by atoms with E-state index in [2.05, 4.69) is 15.5 Å². The van der Waals surface area contributed by atoms with Gasteiger partial charge in [0.1, 0.15) is 11.0 Å². The third-order valence-electron chi connectivity index (χ3n) is 4.30. The summed E-state index contributed by atoms with van der Waals surface area (Å²) in [6.07, 6.45) is 1.53. The van der Waals surface area contributed by atoms with E-state index in [0.29, 0.717) is 18.2 Å². The highest BCUT2D eigenvalue weighted by molar-refractivity contribution is 6.30. The first kappa shape index (κ1) is 16.1. The van der Waals surface area contributed by atoms with Gasteiger partial charge in [-0.2, -0.15) is 4.80 Å². The van der Waals surface area contributed by atoms with Crippen molar-refractivity contribution in [3.05, 3.63) is 47.5 Å². The molecule has 0 aliphatic carbocycles. The fourth-order valence-electron chi connectivity index (χ4n) is 2.89. The van der Waals surface area contributed by atoms with Gasteiger partial charge in [0.15, 0.2) is 0 Å². The highest BCUT2D eigenvalue weighted by atomic mass is 35.5. The van der Waals surface area contributed by atoms with Gasteiger partial charge in [-0.3, -0.25) is 4.79 Å². The number of carbonyl (C=O) groups is 1. The summed E-state index contributed by atoms with van der Waals surface area (Å²) in [5, 5.41) is 12.6. The molecule has 1 aromatic heterocycles. The number of benzene rings is 2. The second-order valence-electron chi connectivity index (χ2n) is 6.05. The Morgan fingerprint density at radius 2 is 1.80 bits per heavy atom. The number of rotatable bonds is 3. The number of ether oxygens (including phenoxy) is 1. The van der Waals surface area contributed by atoms with Gasteiger partial charge in [0.2, 0.25) is 5.91 Å². The minimum absolute atomic E-state index is 0.00852. The molecular formula is C18H17ClN4O2. The summed E-state index contributed by atoms with van der Waals surface area (Å²) >= 11 is 5.91. The van der Waals surface area contributed by atoms with Crippen molar-refractivity contribution in [3.63, 3.8) is 0 Å². The highest BCUT2D eigenvalue weighted by Crippen LogP contribution is 2.21. The summed E-state index contributed by atoms with van der Waals surface area (Å²) in [5.74, 6) is 0.0435. The van der Waals surface area contributed by atoms with Crippen molar-refractivity contribution >= 4 is 34.2 Å². The van der Waals surface area contributed by atoms with Gasteiger partial charge in [-0.25, -0.2) is 0 Å². The van der Waals surface area contributed by atoms with Gasteiger partial charge in [-0.05, 0) is 55.3 Å². The van der Waals surface area contributed by atoms with Crippen LogP contribution in [0, 0.1) is 5.92 Å². The van der Waals surface area contributed by atoms with Crippen molar-refractivity contribution < 1.29 is 9.53 Å². The van der Waals surface area contributed by atoms with E-state index < -0.39 is 0 Å². The first-order valence-electron chi connectivity index (χ1n) is 8.21. The molecule has 0 saturated carbocycles. The molecular weight excluding hydrogens is 340 g/mol. The lowest BCUT2D eigenvalue weighted by Crippen LogP contribution is -2.28. The quantitative estimate of drug-likeness (QED) is 0.780. The van der Waals surface area contributed by atoms with Crippen LogP contribution in [0.5, 0.6) is 0 Å². The van der Waals surface area contributed by atoms with E-state index in [4.69, 9.17) is 16.3 Å². The molecule has 2 heterocycles. The van der Waals surface area contributed by atoms with E-state index in [1.807, 2.05) is 30.3 Å². The Labute approximate surface area is 149 Å². The number of anilines is 1. The van der Waals surface area contributed by atoms with Crippen LogP contribution in [-0.2, 0) is 9.53 Å². The van der Waals surface area contributed by atoms with Crippen molar-refractivity contribution in [1.29, 1.82) is 0 Å². The topological polar surface area (TPSA) is 69.0 Å². The van der Waals surface area contributed by atoms with E-state index in [9.17, 15) is 4.79 Å². The number of hydrogen-bond donors (Lipinski definition) is 1. The van der Waals surface area contributed by atoms with Gasteiger partial charge >= 0.3 is 0 Å².